The number of carbonyl (C=O) groups is 1. The molecule has 1 aromatic carbocycles. The molecule has 0 radical (unpaired) electrons. The summed E-state index contributed by atoms with van der Waals surface area (Å²) in [4.78, 5) is 16.7. The van der Waals surface area contributed by atoms with Crippen LogP contribution in [-0.4, -0.2) is 16.0 Å². The van der Waals surface area contributed by atoms with E-state index in [1.165, 1.54) is 11.1 Å². The largest absolute Gasteiger partial charge is 0.392 e. The number of hydrogen-bond acceptors (Lipinski definition) is 3. The van der Waals surface area contributed by atoms with Crippen LogP contribution in [0.1, 0.15) is 36.0 Å². The average molecular weight is 308 g/mol. The van der Waals surface area contributed by atoms with Gasteiger partial charge in [0.15, 0.2) is 0 Å². The van der Waals surface area contributed by atoms with Gasteiger partial charge in [-0.15, -0.1) is 0 Å². The molecule has 1 amide bonds. The smallest absolute Gasteiger partial charge is 0.228 e. The van der Waals surface area contributed by atoms with Gasteiger partial charge in [-0.2, -0.15) is 0 Å². The lowest BCUT2D eigenvalue weighted by Crippen LogP contribution is -2.25. The lowest BCUT2D eigenvalue weighted by Gasteiger charge is -2.26. The van der Waals surface area contributed by atoms with E-state index in [-0.39, 0.29) is 23.8 Å². The van der Waals surface area contributed by atoms with Gasteiger partial charge < -0.3 is 10.4 Å². The second kappa shape index (κ2) is 5.46. The molecule has 2 aliphatic carbocycles. The number of hydrogen-bond donors (Lipinski definition) is 2. The normalized spacial score (nSPS) is 25.0. The lowest BCUT2D eigenvalue weighted by atomic mass is 9.78. The molecule has 0 saturated heterocycles. The summed E-state index contributed by atoms with van der Waals surface area (Å²) in [5.41, 5.74) is 4.10. The molecule has 2 atom stereocenters. The number of nitrogens with one attached hydrogen (secondary N) is 1. The van der Waals surface area contributed by atoms with Gasteiger partial charge in [-0.3, -0.25) is 9.78 Å². The number of aliphatic hydroxyl groups excluding tert-OH is 1. The van der Waals surface area contributed by atoms with Crippen molar-refractivity contribution in [3.8, 4) is 0 Å². The molecule has 1 spiro atoms. The molecule has 2 unspecified atom stereocenters. The first-order valence-electron chi connectivity index (χ1n) is 8.17. The second-order valence-electron chi connectivity index (χ2n) is 6.60. The molecule has 1 aromatic heterocycles. The molecule has 4 rings (SSSR count). The van der Waals surface area contributed by atoms with Crippen LogP contribution >= 0.6 is 0 Å². The van der Waals surface area contributed by atoms with Crippen LogP contribution in [0.2, 0.25) is 0 Å². The van der Waals surface area contributed by atoms with E-state index in [0.717, 1.165) is 25.7 Å². The third-order valence-electron chi connectivity index (χ3n) is 5.35. The highest BCUT2D eigenvalue weighted by molar-refractivity contribution is 5.96. The molecule has 1 heterocycles. The number of aromatic nitrogens is 1. The summed E-state index contributed by atoms with van der Waals surface area (Å²) in [6, 6.07) is 10.3. The minimum absolute atomic E-state index is 0.0238. The van der Waals surface area contributed by atoms with Crippen molar-refractivity contribution in [3.05, 3.63) is 59.4 Å². The van der Waals surface area contributed by atoms with Crippen molar-refractivity contribution in [2.75, 3.05) is 5.32 Å². The number of aliphatic hydroxyl groups is 1. The quantitative estimate of drug-likeness (QED) is 0.916. The van der Waals surface area contributed by atoms with Crippen LogP contribution in [0, 0.1) is 5.92 Å². The Labute approximate surface area is 135 Å². The second-order valence-corrected chi connectivity index (χ2v) is 6.60. The third kappa shape index (κ3) is 2.34. The number of anilines is 1. The molecule has 1 saturated carbocycles. The predicted molar refractivity (Wildman–Crippen MR) is 88.0 cm³/mol. The summed E-state index contributed by atoms with van der Waals surface area (Å²) >= 11 is 0. The van der Waals surface area contributed by atoms with Crippen LogP contribution in [0.15, 0.2) is 42.7 Å². The summed E-state index contributed by atoms with van der Waals surface area (Å²) in [5.74, 6) is 0.0695. The van der Waals surface area contributed by atoms with E-state index in [1.54, 1.807) is 18.5 Å². The number of benzene rings is 1. The summed E-state index contributed by atoms with van der Waals surface area (Å²) in [5, 5.41) is 12.3. The fourth-order valence-electron chi connectivity index (χ4n) is 4.07. The Morgan fingerprint density at radius 1 is 1.35 bits per heavy atom. The van der Waals surface area contributed by atoms with E-state index in [2.05, 4.69) is 34.6 Å². The monoisotopic (exact) mass is 308 g/mol. The van der Waals surface area contributed by atoms with Crippen LogP contribution < -0.4 is 5.32 Å². The molecule has 23 heavy (non-hydrogen) atoms. The molecule has 2 aliphatic rings. The summed E-state index contributed by atoms with van der Waals surface area (Å²) in [6.07, 6.45) is 7.50. The van der Waals surface area contributed by atoms with Crippen LogP contribution in [-0.2, 0) is 23.2 Å². The van der Waals surface area contributed by atoms with Gasteiger partial charge in [0.25, 0.3) is 0 Å². The molecule has 118 valence electrons. The number of amides is 1. The highest BCUT2D eigenvalue weighted by atomic mass is 16.3. The molecule has 2 N–H and O–H groups in total. The van der Waals surface area contributed by atoms with Crippen molar-refractivity contribution in [2.24, 2.45) is 5.92 Å². The predicted octanol–water partition coefficient (Wildman–Crippen LogP) is 2.81. The molecule has 1 fully saturated rings. The summed E-state index contributed by atoms with van der Waals surface area (Å²) < 4.78 is 0. The number of aryl methyl sites for hydroxylation is 1. The van der Waals surface area contributed by atoms with Gasteiger partial charge in [-0.25, -0.2) is 0 Å². The Bertz CT molecular complexity index is 759. The number of pyridine rings is 1. The van der Waals surface area contributed by atoms with Crippen molar-refractivity contribution >= 4 is 11.6 Å². The van der Waals surface area contributed by atoms with Crippen LogP contribution in [0.3, 0.4) is 0 Å². The van der Waals surface area contributed by atoms with Gasteiger partial charge >= 0.3 is 0 Å². The molecular formula is C19H20N2O2. The van der Waals surface area contributed by atoms with E-state index in [4.69, 9.17) is 0 Å². The van der Waals surface area contributed by atoms with Crippen LogP contribution in [0.25, 0.3) is 0 Å². The maximum absolute atomic E-state index is 12.7. The van der Waals surface area contributed by atoms with Gasteiger partial charge in [0.2, 0.25) is 5.91 Å². The van der Waals surface area contributed by atoms with Gasteiger partial charge in [-0.05, 0) is 42.9 Å². The van der Waals surface area contributed by atoms with Gasteiger partial charge in [-0.1, -0.05) is 24.3 Å². The molecule has 2 aromatic rings. The first kappa shape index (κ1) is 14.4. The molecule has 0 aliphatic heterocycles. The number of fused-ring (bicyclic) bond motifs is 2. The van der Waals surface area contributed by atoms with Crippen molar-refractivity contribution < 1.29 is 9.90 Å². The maximum Gasteiger partial charge on any atom is 0.228 e. The summed E-state index contributed by atoms with van der Waals surface area (Å²) in [6.45, 7) is -0.100. The Morgan fingerprint density at radius 3 is 3.09 bits per heavy atom. The van der Waals surface area contributed by atoms with E-state index >= 15 is 0 Å². The highest BCUT2D eigenvalue weighted by Crippen LogP contribution is 2.60. The first-order valence-corrected chi connectivity index (χ1v) is 8.17. The van der Waals surface area contributed by atoms with E-state index < -0.39 is 0 Å². The third-order valence-corrected chi connectivity index (χ3v) is 5.35. The zero-order chi connectivity index (χ0) is 15.9. The summed E-state index contributed by atoms with van der Waals surface area (Å²) in [7, 11) is 0. The van der Waals surface area contributed by atoms with Crippen LogP contribution in [0.5, 0.6) is 0 Å². The Balaban J connectivity index is 1.57. The fourth-order valence-corrected chi connectivity index (χ4v) is 4.07. The number of rotatable bonds is 3. The van der Waals surface area contributed by atoms with Gasteiger partial charge in [0.1, 0.15) is 0 Å². The van der Waals surface area contributed by atoms with Gasteiger partial charge in [0.05, 0.1) is 18.5 Å². The van der Waals surface area contributed by atoms with Gasteiger partial charge in [0, 0.05) is 23.1 Å². The molecule has 4 heteroatoms. The average Bonchev–Trinajstić information content (AvgIpc) is 3.31. The van der Waals surface area contributed by atoms with Crippen LogP contribution in [0.4, 0.5) is 5.69 Å². The zero-order valence-electron chi connectivity index (χ0n) is 13.0. The molecular weight excluding hydrogens is 288 g/mol. The standard InChI is InChI=1S/C19H20N2O2/c22-12-14-7-9-20-11-17(14)21-18(23)16-10-19(16)8-3-5-13-4-1-2-6-15(13)19/h1-2,4,6-7,9,11,16,22H,3,5,8,10,12H2,(H,21,23). The van der Waals surface area contributed by atoms with Crippen molar-refractivity contribution in [1.29, 1.82) is 0 Å². The Hall–Kier alpha value is -2.20. The number of carbonyl (C=O) groups excluding carboxylic acids is 1. The van der Waals surface area contributed by atoms with Crippen molar-refractivity contribution in [1.82, 2.24) is 4.98 Å². The maximum atomic E-state index is 12.7. The van der Waals surface area contributed by atoms with E-state index in [1.807, 2.05) is 0 Å². The van der Waals surface area contributed by atoms with Crippen molar-refractivity contribution in [2.45, 2.75) is 37.7 Å². The minimum atomic E-state index is -0.100. The zero-order valence-corrected chi connectivity index (χ0v) is 13.0. The number of nitrogens with zero attached hydrogens (tertiary/aromatic N) is 1. The highest BCUT2D eigenvalue weighted by Gasteiger charge is 2.60. The SMILES string of the molecule is O=C(Nc1cnccc1CO)C1CC12CCCc1ccccc12. The topological polar surface area (TPSA) is 62.2 Å². The Morgan fingerprint density at radius 2 is 2.22 bits per heavy atom. The minimum Gasteiger partial charge on any atom is -0.392 e. The molecule has 4 nitrogen and oxygen atoms in total. The first-order chi connectivity index (χ1) is 11.2. The van der Waals surface area contributed by atoms with E-state index in [9.17, 15) is 9.90 Å². The van der Waals surface area contributed by atoms with Crippen molar-refractivity contribution in [3.63, 3.8) is 0 Å². The van der Waals surface area contributed by atoms with E-state index in [0.29, 0.717) is 11.3 Å². The molecule has 0 bridgehead atoms. The fraction of sp³-hybridized carbons (Fsp3) is 0.368. The Kier molecular flexibility index (Phi) is 3.42. The lowest BCUT2D eigenvalue weighted by molar-refractivity contribution is -0.117.